The molecule has 0 bridgehead atoms. The van der Waals surface area contributed by atoms with E-state index in [4.69, 9.17) is 11.6 Å². The lowest BCUT2D eigenvalue weighted by Crippen LogP contribution is -2.55. The highest BCUT2D eigenvalue weighted by Crippen LogP contribution is 2.21. The summed E-state index contributed by atoms with van der Waals surface area (Å²) in [5.41, 5.74) is 0. The molecule has 1 fully saturated rings. The Morgan fingerprint density at radius 1 is 1.45 bits per heavy atom. The molecule has 1 aliphatic heterocycles. The molecule has 6 heteroatoms. The molecule has 1 aliphatic rings. The number of amides is 2. The minimum absolute atomic E-state index is 0.0359. The summed E-state index contributed by atoms with van der Waals surface area (Å²) in [7, 11) is 0. The van der Waals surface area contributed by atoms with Crippen LogP contribution in [0.3, 0.4) is 0 Å². The van der Waals surface area contributed by atoms with Gasteiger partial charge in [0.05, 0.1) is 0 Å². The van der Waals surface area contributed by atoms with Gasteiger partial charge < -0.3 is 10.2 Å². The number of hydrogen-bond acceptors (Lipinski definition) is 3. The van der Waals surface area contributed by atoms with Gasteiger partial charge in [-0.2, -0.15) is 0 Å². The van der Waals surface area contributed by atoms with Crippen molar-refractivity contribution < 1.29 is 9.59 Å². The maximum atomic E-state index is 12.1. The van der Waals surface area contributed by atoms with E-state index in [2.05, 4.69) is 5.32 Å². The van der Waals surface area contributed by atoms with Gasteiger partial charge in [0.1, 0.15) is 6.04 Å². The molecule has 1 saturated heterocycles. The molecule has 108 valence electrons. The standard InChI is InChI=1S/C14H17ClN2O2S/c1-10-14(19)16-7-8-17(10)13(18)6-9-20-12-4-2-11(15)3-5-12/h2-5,10H,6-9H2,1H3,(H,16,19)/t10-/m0/s1. The number of hydrogen-bond donors (Lipinski definition) is 1. The molecule has 0 spiro atoms. The Balaban J connectivity index is 1.80. The first-order chi connectivity index (χ1) is 9.58. The van der Waals surface area contributed by atoms with E-state index < -0.39 is 0 Å². The van der Waals surface area contributed by atoms with Crippen molar-refractivity contribution in [3.63, 3.8) is 0 Å². The van der Waals surface area contributed by atoms with E-state index in [1.165, 1.54) is 0 Å². The summed E-state index contributed by atoms with van der Waals surface area (Å²) in [6, 6.07) is 7.19. The average Bonchev–Trinajstić information content (AvgIpc) is 2.44. The van der Waals surface area contributed by atoms with Crippen LogP contribution in [0.15, 0.2) is 29.2 Å². The Morgan fingerprint density at radius 3 is 2.85 bits per heavy atom. The van der Waals surface area contributed by atoms with Gasteiger partial charge in [-0.15, -0.1) is 11.8 Å². The molecule has 2 amide bonds. The van der Waals surface area contributed by atoms with E-state index in [9.17, 15) is 9.59 Å². The summed E-state index contributed by atoms with van der Waals surface area (Å²) in [6.07, 6.45) is 0.435. The maximum absolute atomic E-state index is 12.1. The SMILES string of the molecule is C[C@H]1C(=O)NCCN1C(=O)CCSc1ccc(Cl)cc1. The molecule has 0 saturated carbocycles. The molecule has 2 rings (SSSR count). The second-order valence-corrected chi connectivity index (χ2v) is 6.21. The smallest absolute Gasteiger partial charge is 0.242 e. The number of carbonyl (C=O) groups excluding carboxylic acids is 2. The molecule has 20 heavy (non-hydrogen) atoms. The zero-order chi connectivity index (χ0) is 14.5. The van der Waals surface area contributed by atoms with Crippen LogP contribution in [0, 0.1) is 0 Å². The van der Waals surface area contributed by atoms with Crippen molar-refractivity contribution >= 4 is 35.2 Å². The highest BCUT2D eigenvalue weighted by Gasteiger charge is 2.28. The van der Waals surface area contributed by atoms with Gasteiger partial charge in [0.25, 0.3) is 0 Å². The topological polar surface area (TPSA) is 49.4 Å². The van der Waals surface area contributed by atoms with Crippen molar-refractivity contribution in [2.45, 2.75) is 24.3 Å². The Labute approximate surface area is 127 Å². The van der Waals surface area contributed by atoms with Gasteiger partial charge in [-0.25, -0.2) is 0 Å². The quantitative estimate of drug-likeness (QED) is 0.867. The number of halogens is 1. The van der Waals surface area contributed by atoms with Crippen LogP contribution in [0.4, 0.5) is 0 Å². The van der Waals surface area contributed by atoms with Crippen LogP contribution in [0.1, 0.15) is 13.3 Å². The highest BCUT2D eigenvalue weighted by atomic mass is 35.5. The van der Waals surface area contributed by atoms with Crippen molar-refractivity contribution in [1.82, 2.24) is 10.2 Å². The third-order valence-corrected chi connectivity index (χ3v) is 4.48. The predicted molar refractivity (Wildman–Crippen MR) is 81.0 cm³/mol. The second-order valence-electron chi connectivity index (χ2n) is 4.61. The fraction of sp³-hybridized carbons (Fsp3) is 0.429. The molecule has 1 aromatic rings. The van der Waals surface area contributed by atoms with E-state index in [0.717, 1.165) is 4.90 Å². The molecule has 0 aromatic heterocycles. The molecule has 0 unspecified atom stereocenters. The van der Waals surface area contributed by atoms with Crippen molar-refractivity contribution in [3.05, 3.63) is 29.3 Å². The molecular formula is C14H17ClN2O2S. The van der Waals surface area contributed by atoms with Crippen LogP contribution < -0.4 is 5.32 Å². The minimum Gasteiger partial charge on any atom is -0.353 e. The zero-order valence-corrected chi connectivity index (χ0v) is 12.8. The molecule has 0 aliphatic carbocycles. The predicted octanol–water partition coefficient (Wildman–Crippen LogP) is 2.17. The molecule has 1 heterocycles. The Morgan fingerprint density at radius 2 is 2.15 bits per heavy atom. The summed E-state index contributed by atoms with van der Waals surface area (Å²) < 4.78 is 0. The van der Waals surface area contributed by atoms with Crippen molar-refractivity contribution in [1.29, 1.82) is 0 Å². The van der Waals surface area contributed by atoms with Gasteiger partial charge in [-0.05, 0) is 31.2 Å². The van der Waals surface area contributed by atoms with Gasteiger partial charge in [0, 0.05) is 35.2 Å². The molecule has 1 N–H and O–H groups in total. The lowest BCUT2D eigenvalue weighted by molar-refractivity contribution is -0.142. The number of carbonyl (C=O) groups is 2. The van der Waals surface area contributed by atoms with E-state index in [0.29, 0.717) is 30.3 Å². The Bertz CT molecular complexity index is 492. The van der Waals surface area contributed by atoms with Crippen LogP contribution in [0.2, 0.25) is 5.02 Å². The van der Waals surface area contributed by atoms with E-state index in [1.54, 1.807) is 23.6 Å². The molecule has 4 nitrogen and oxygen atoms in total. The van der Waals surface area contributed by atoms with Gasteiger partial charge in [-0.3, -0.25) is 9.59 Å². The third kappa shape index (κ3) is 3.90. The van der Waals surface area contributed by atoms with E-state index >= 15 is 0 Å². The number of nitrogens with one attached hydrogen (secondary N) is 1. The number of rotatable bonds is 4. The molecule has 1 aromatic carbocycles. The molecule has 0 radical (unpaired) electrons. The fourth-order valence-corrected chi connectivity index (χ4v) is 3.02. The van der Waals surface area contributed by atoms with Crippen molar-refractivity contribution in [2.24, 2.45) is 0 Å². The normalized spacial score (nSPS) is 18.8. The fourth-order valence-electron chi connectivity index (χ4n) is 2.05. The lowest BCUT2D eigenvalue weighted by Gasteiger charge is -2.32. The van der Waals surface area contributed by atoms with Crippen LogP contribution in [0.25, 0.3) is 0 Å². The number of benzene rings is 1. The first kappa shape index (κ1) is 15.2. The van der Waals surface area contributed by atoms with Crippen LogP contribution in [-0.4, -0.2) is 41.6 Å². The minimum atomic E-state index is -0.364. The summed E-state index contributed by atoms with van der Waals surface area (Å²) in [5.74, 6) is 0.662. The maximum Gasteiger partial charge on any atom is 0.242 e. The zero-order valence-electron chi connectivity index (χ0n) is 11.3. The second kappa shape index (κ2) is 6.99. The summed E-state index contributed by atoms with van der Waals surface area (Å²) in [5, 5.41) is 3.46. The lowest BCUT2D eigenvalue weighted by atomic mass is 10.2. The van der Waals surface area contributed by atoms with Gasteiger partial charge >= 0.3 is 0 Å². The summed E-state index contributed by atoms with van der Waals surface area (Å²) in [6.45, 7) is 2.90. The number of thioether (sulfide) groups is 1. The van der Waals surface area contributed by atoms with Gasteiger partial charge in [0.15, 0.2) is 0 Å². The highest BCUT2D eigenvalue weighted by molar-refractivity contribution is 7.99. The summed E-state index contributed by atoms with van der Waals surface area (Å²) in [4.78, 5) is 26.4. The van der Waals surface area contributed by atoms with E-state index in [1.807, 2.05) is 24.3 Å². The number of piperazine rings is 1. The number of nitrogens with zero attached hydrogens (tertiary/aromatic N) is 1. The first-order valence-corrected chi connectivity index (χ1v) is 7.90. The van der Waals surface area contributed by atoms with Gasteiger partial charge in [0.2, 0.25) is 11.8 Å². The monoisotopic (exact) mass is 312 g/mol. The Kier molecular flexibility index (Phi) is 5.31. The molecule has 1 atom stereocenters. The largest absolute Gasteiger partial charge is 0.353 e. The van der Waals surface area contributed by atoms with Crippen LogP contribution in [-0.2, 0) is 9.59 Å². The third-order valence-electron chi connectivity index (χ3n) is 3.22. The average molecular weight is 313 g/mol. The Hall–Kier alpha value is -1.20. The molecular weight excluding hydrogens is 296 g/mol. The first-order valence-electron chi connectivity index (χ1n) is 6.53. The van der Waals surface area contributed by atoms with Gasteiger partial charge in [-0.1, -0.05) is 11.6 Å². The van der Waals surface area contributed by atoms with Crippen LogP contribution >= 0.6 is 23.4 Å². The van der Waals surface area contributed by atoms with E-state index in [-0.39, 0.29) is 17.9 Å². The summed E-state index contributed by atoms with van der Waals surface area (Å²) >= 11 is 7.44. The van der Waals surface area contributed by atoms with Crippen molar-refractivity contribution in [3.8, 4) is 0 Å². The van der Waals surface area contributed by atoms with Crippen molar-refractivity contribution in [2.75, 3.05) is 18.8 Å². The van der Waals surface area contributed by atoms with Crippen LogP contribution in [0.5, 0.6) is 0 Å².